The van der Waals surface area contributed by atoms with Crippen molar-refractivity contribution in [3.05, 3.63) is 28.2 Å². The normalized spacial score (nSPS) is 27.3. The molecule has 1 aliphatic carbocycles. The van der Waals surface area contributed by atoms with E-state index in [9.17, 15) is 5.11 Å². The first-order chi connectivity index (χ1) is 7.43. The monoisotopic (exact) mass is 283 g/mol. The zero-order chi connectivity index (χ0) is 11.9. The fourth-order valence-electron chi connectivity index (χ4n) is 2.10. The molecular formula is C13H18BrNO. The molecule has 0 heterocycles. The fraction of sp³-hybridized carbons (Fsp3) is 0.538. The van der Waals surface area contributed by atoms with Crippen LogP contribution >= 0.6 is 15.9 Å². The van der Waals surface area contributed by atoms with Crippen molar-refractivity contribution >= 4 is 21.6 Å². The Labute approximate surface area is 105 Å². The second-order valence-corrected chi connectivity index (χ2v) is 6.04. The van der Waals surface area contributed by atoms with Gasteiger partial charge in [0.2, 0.25) is 0 Å². The van der Waals surface area contributed by atoms with Gasteiger partial charge in [-0.2, -0.15) is 0 Å². The summed E-state index contributed by atoms with van der Waals surface area (Å²) < 4.78 is 1.12. The summed E-state index contributed by atoms with van der Waals surface area (Å²) in [5.74, 6) is 0. The lowest BCUT2D eigenvalue weighted by molar-refractivity contribution is -0.0510. The summed E-state index contributed by atoms with van der Waals surface area (Å²) in [4.78, 5) is 0. The van der Waals surface area contributed by atoms with E-state index < -0.39 is 0 Å². The molecule has 16 heavy (non-hydrogen) atoms. The highest BCUT2D eigenvalue weighted by Crippen LogP contribution is 2.42. The predicted octanol–water partition coefficient (Wildman–Crippen LogP) is 3.33. The van der Waals surface area contributed by atoms with Crippen LogP contribution in [0.15, 0.2) is 22.7 Å². The molecule has 88 valence electrons. The van der Waals surface area contributed by atoms with Gasteiger partial charge >= 0.3 is 0 Å². The second kappa shape index (κ2) is 4.04. The highest BCUT2D eigenvalue weighted by molar-refractivity contribution is 9.10. The molecule has 2 atom stereocenters. The van der Waals surface area contributed by atoms with Crippen LogP contribution < -0.4 is 5.32 Å². The standard InChI is InChI=1S/C13H18BrNO/c1-8-9(14)5-4-6-10(8)15-11-7-12(16)13(11,2)3/h4-6,11-12,15-16H,7H2,1-3H3. The minimum Gasteiger partial charge on any atom is -0.392 e. The number of aliphatic hydroxyl groups is 1. The molecule has 3 heteroatoms. The van der Waals surface area contributed by atoms with Crippen molar-refractivity contribution in [1.82, 2.24) is 0 Å². The predicted molar refractivity (Wildman–Crippen MR) is 70.7 cm³/mol. The summed E-state index contributed by atoms with van der Waals surface area (Å²) >= 11 is 3.53. The van der Waals surface area contributed by atoms with Crippen LogP contribution in [0.5, 0.6) is 0 Å². The molecule has 1 saturated carbocycles. The van der Waals surface area contributed by atoms with Crippen molar-refractivity contribution in [1.29, 1.82) is 0 Å². The third-order valence-electron chi connectivity index (χ3n) is 3.81. The first-order valence-corrected chi connectivity index (χ1v) is 6.42. The number of benzene rings is 1. The molecule has 0 saturated heterocycles. The van der Waals surface area contributed by atoms with Gasteiger partial charge in [-0.05, 0) is 31.0 Å². The second-order valence-electron chi connectivity index (χ2n) is 5.18. The lowest BCUT2D eigenvalue weighted by atomic mass is 9.64. The van der Waals surface area contributed by atoms with Gasteiger partial charge < -0.3 is 10.4 Å². The fourth-order valence-corrected chi connectivity index (χ4v) is 2.47. The highest BCUT2D eigenvalue weighted by atomic mass is 79.9. The summed E-state index contributed by atoms with van der Waals surface area (Å²) in [5, 5.41) is 13.2. The van der Waals surface area contributed by atoms with Gasteiger partial charge in [0.05, 0.1) is 6.10 Å². The molecule has 0 spiro atoms. The molecule has 1 aromatic carbocycles. The van der Waals surface area contributed by atoms with Crippen LogP contribution in [0.1, 0.15) is 25.8 Å². The number of hydrogen-bond donors (Lipinski definition) is 2. The number of halogens is 1. The van der Waals surface area contributed by atoms with Crippen LogP contribution in [0.4, 0.5) is 5.69 Å². The molecule has 2 rings (SSSR count). The Morgan fingerprint density at radius 1 is 1.44 bits per heavy atom. The number of aliphatic hydroxyl groups excluding tert-OH is 1. The Morgan fingerprint density at radius 2 is 2.12 bits per heavy atom. The first-order valence-electron chi connectivity index (χ1n) is 5.62. The van der Waals surface area contributed by atoms with Crippen LogP contribution in [0, 0.1) is 12.3 Å². The van der Waals surface area contributed by atoms with E-state index in [4.69, 9.17) is 0 Å². The van der Waals surface area contributed by atoms with E-state index in [2.05, 4.69) is 48.1 Å². The van der Waals surface area contributed by atoms with Crippen LogP contribution in [-0.2, 0) is 0 Å². The number of nitrogens with one attached hydrogen (secondary N) is 1. The number of anilines is 1. The van der Waals surface area contributed by atoms with Gasteiger partial charge in [-0.15, -0.1) is 0 Å². The topological polar surface area (TPSA) is 32.3 Å². The minimum absolute atomic E-state index is 0.0330. The van der Waals surface area contributed by atoms with Gasteiger partial charge in [-0.25, -0.2) is 0 Å². The number of hydrogen-bond acceptors (Lipinski definition) is 2. The van der Waals surface area contributed by atoms with E-state index in [1.54, 1.807) is 0 Å². The van der Waals surface area contributed by atoms with E-state index in [-0.39, 0.29) is 11.5 Å². The molecule has 0 radical (unpaired) electrons. The zero-order valence-corrected chi connectivity index (χ0v) is 11.5. The maximum Gasteiger partial charge on any atom is 0.0630 e. The molecular weight excluding hydrogens is 266 g/mol. The van der Waals surface area contributed by atoms with E-state index in [1.807, 2.05) is 12.1 Å². The molecule has 2 unspecified atom stereocenters. The van der Waals surface area contributed by atoms with E-state index in [1.165, 1.54) is 5.56 Å². The molecule has 1 aliphatic rings. The maximum atomic E-state index is 9.70. The lowest BCUT2D eigenvalue weighted by Crippen LogP contribution is -2.56. The third-order valence-corrected chi connectivity index (χ3v) is 4.67. The number of rotatable bonds is 2. The van der Waals surface area contributed by atoms with E-state index in [0.29, 0.717) is 6.04 Å². The Hall–Kier alpha value is -0.540. The van der Waals surface area contributed by atoms with Crippen molar-refractivity contribution in [2.45, 2.75) is 39.3 Å². The van der Waals surface area contributed by atoms with E-state index in [0.717, 1.165) is 16.6 Å². The largest absolute Gasteiger partial charge is 0.392 e. The van der Waals surface area contributed by atoms with Gasteiger partial charge in [-0.1, -0.05) is 35.8 Å². The average Bonchev–Trinajstić information content (AvgIpc) is 2.24. The maximum absolute atomic E-state index is 9.70. The Balaban J connectivity index is 2.14. The Kier molecular flexibility index (Phi) is 3.01. The first kappa shape index (κ1) is 11.9. The van der Waals surface area contributed by atoms with Gasteiger partial charge in [0.1, 0.15) is 0 Å². The average molecular weight is 284 g/mol. The third kappa shape index (κ3) is 1.87. The summed E-state index contributed by atoms with van der Waals surface area (Å²) in [6.07, 6.45) is 0.649. The Bertz CT molecular complexity index is 403. The molecule has 2 nitrogen and oxygen atoms in total. The van der Waals surface area contributed by atoms with Crippen LogP contribution in [0.2, 0.25) is 0 Å². The molecule has 2 N–H and O–H groups in total. The van der Waals surface area contributed by atoms with E-state index >= 15 is 0 Å². The van der Waals surface area contributed by atoms with Crippen molar-refractivity contribution in [3.8, 4) is 0 Å². The van der Waals surface area contributed by atoms with Gasteiger partial charge in [-0.3, -0.25) is 0 Å². The summed E-state index contributed by atoms with van der Waals surface area (Å²) in [6.45, 7) is 6.30. The van der Waals surface area contributed by atoms with Crippen LogP contribution in [0.3, 0.4) is 0 Å². The van der Waals surface area contributed by atoms with Crippen molar-refractivity contribution in [2.24, 2.45) is 5.41 Å². The van der Waals surface area contributed by atoms with Crippen molar-refractivity contribution in [2.75, 3.05) is 5.32 Å². The van der Waals surface area contributed by atoms with Gasteiger partial charge in [0.25, 0.3) is 0 Å². The zero-order valence-electron chi connectivity index (χ0n) is 9.92. The molecule has 0 bridgehead atoms. The van der Waals surface area contributed by atoms with Crippen molar-refractivity contribution in [3.63, 3.8) is 0 Å². The Morgan fingerprint density at radius 3 is 2.69 bits per heavy atom. The van der Waals surface area contributed by atoms with Gasteiger partial charge in [0, 0.05) is 21.6 Å². The molecule has 0 amide bonds. The molecule has 1 aromatic rings. The lowest BCUT2D eigenvalue weighted by Gasteiger charge is -2.50. The van der Waals surface area contributed by atoms with Crippen molar-refractivity contribution < 1.29 is 5.11 Å². The summed E-state index contributed by atoms with van der Waals surface area (Å²) in [6, 6.07) is 6.51. The molecule has 1 fully saturated rings. The van der Waals surface area contributed by atoms with Crippen LogP contribution in [0.25, 0.3) is 0 Å². The minimum atomic E-state index is -0.183. The molecule has 0 aromatic heterocycles. The smallest absolute Gasteiger partial charge is 0.0630 e. The summed E-state index contributed by atoms with van der Waals surface area (Å²) in [5.41, 5.74) is 2.34. The summed E-state index contributed by atoms with van der Waals surface area (Å²) in [7, 11) is 0. The van der Waals surface area contributed by atoms with Crippen LogP contribution in [-0.4, -0.2) is 17.3 Å². The van der Waals surface area contributed by atoms with Gasteiger partial charge in [0.15, 0.2) is 0 Å². The SMILES string of the molecule is Cc1c(Br)cccc1NC1CC(O)C1(C)C. The molecule has 0 aliphatic heterocycles. The quantitative estimate of drug-likeness (QED) is 0.873. The highest BCUT2D eigenvalue weighted by Gasteiger charge is 2.47.